The van der Waals surface area contributed by atoms with Crippen molar-refractivity contribution in [2.75, 3.05) is 27.2 Å². The van der Waals surface area contributed by atoms with Gasteiger partial charge in [-0.3, -0.25) is 0 Å². The van der Waals surface area contributed by atoms with Crippen molar-refractivity contribution in [1.29, 1.82) is 0 Å². The van der Waals surface area contributed by atoms with Gasteiger partial charge in [0.1, 0.15) is 6.61 Å². The second-order valence-electron chi connectivity index (χ2n) is 2.58. The fourth-order valence-corrected chi connectivity index (χ4v) is 1.27. The lowest BCUT2D eigenvalue weighted by Gasteiger charge is -2.08. The highest BCUT2D eigenvalue weighted by molar-refractivity contribution is 7.11. The molecule has 0 aromatic carbocycles. The van der Waals surface area contributed by atoms with Crippen LogP contribution in [0.4, 0.5) is 0 Å². The first-order valence-electron chi connectivity index (χ1n) is 3.60. The normalized spacial score (nSPS) is 10.5. The molecule has 2 nitrogen and oxygen atoms in total. The Balaban J connectivity index is 2.14. The van der Waals surface area contributed by atoms with Crippen molar-refractivity contribution in [1.82, 2.24) is 4.90 Å². The molecular formula is C8H13NOS. The van der Waals surface area contributed by atoms with Gasteiger partial charge < -0.3 is 9.64 Å². The summed E-state index contributed by atoms with van der Waals surface area (Å²) in [5, 5.41) is 3.03. The molecule has 0 aliphatic heterocycles. The Morgan fingerprint density at radius 3 is 2.91 bits per heavy atom. The van der Waals surface area contributed by atoms with E-state index in [2.05, 4.69) is 4.90 Å². The lowest BCUT2D eigenvalue weighted by Crippen LogP contribution is -2.19. The standard InChI is InChI=1S/C8H13NOS/c1-9(2)5-6-10-8-4-3-7-11-8/h3-4,7H,5-6H2,1-2H3. The third-order valence-electron chi connectivity index (χ3n) is 1.28. The van der Waals surface area contributed by atoms with E-state index in [-0.39, 0.29) is 0 Å². The minimum atomic E-state index is 0.771. The largest absolute Gasteiger partial charge is 0.483 e. The van der Waals surface area contributed by atoms with Crippen molar-refractivity contribution in [2.45, 2.75) is 0 Å². The van der Waals surface area contributed by atoms with Crippen molar-refractivity contribution in [3.8, 4) is 5.06 Å². The summed E-state index contributed by atoms with van der Waals surface area (Å²) in [6, 6.07) is 3.98. The van der Waals surface area contributed by atoms with Gasteiger partial charge in [0.05, 0.1) is 0 Å². The quantitative estimate of drug-likeness (QED) is 0.683. The zero-order valence-electron chi connectivity index (χ0n) is 6.91. The third-order valence-corrected chi connectivity index (χ3v) is 2.06. The van der Waals surface area contributed by atoms with Crippen molar-refractivity contribution in [3.63, 3.8) is 0 Å². The molecule has 1 rings (SSSR count). The van der Waals surface area contributed by atoms with E-state index in [9.17, 15) is 0 Å². The molecular weight excluding hydrogens is 158 g/mol. The minimum absolute atomic E-state index is 0.771. The number of hydrogen-bond acceptors (Lipinski definition) is 3. The molecule has 11 heavy (non-hydrogen) atoms. The van der Waals surface area contributed by atoms with Gasteiger partial charge in [0.2, 0.25) is 0 Å². The first-order valence-corrected chi connectivity index (χ1v) is 4.48. The predicted molar refractivity (Wildman–Crippen MR) is 48.4 cm³/mol. The molecule has 0 atom stereocenters. The fraction of sp³-hybridized carbons (Fsp3) is 0.500. The fourth-order valence-electron chi connectivity index (χ4n) is 0.674. The Hall–Kier alpha value is -0.540. The van der Waals surface area contributed by atoms with Crippen molar-refractivity contribution < 1.29 is 4.74 Å². The first kappa shape index (κ1) is 8.56. The molecule has 0 amide bonds. The number of nitrogens with zero attached hydrogens (tertiary/aromatic N) is 1. The second kappa shape index (κ2) is 4.36. The Bertz CT molecular complexity index is 184. The number of rotatable bonds is 4. The Labute approximate surface area is 71.4 Å². The molecule has 0 fully saturated rings. The molecule has 1 aromatic heterocycles. The maximum atomic E-state index is 5.43. The molecule has 1 aromatic rings. The summed E-state index contributed by atoms with van der Waals surface area (Å²) in [5.74, 6) is 0. The van der Waals surface area contributed by atoms with Crippen LogP contribution < -0.4 is 4.74 Å². The number of ether oxygens (including phenoxy) is 1. The van der Waals surface area contributed by atoms with E-state index in [0.717, 1.165) is 18.2 Å². The zero-order valence-corrected chi connectivity index (χ0v) is 7.73. The predicted octanol–water partition coefficient (Wildman–Crippen LogP) is 1.69. The van der Waals surface area contributed by atoms with E-state index in [0.29, 0.717) is 0 Å². The van der Waals surface area contributed by atoms with Gasteiger partial charge in [-0.05, 0) is 31.6 Å². The highest BCUT2D eigenvalue weighted by Gasteiger charge is 1.93. The van der Waals surface area contributed by atoms with Crippen molar-refractivity contribution >= 4 is 11.3 Å². The van der Waals surface area contributed by atoms with Crippen LogP contribution in [-0.2, 0) is 0 Å². The van der Waals surface area contributed by atoms with Gasteiger partial charge in [-0.2, -0.15) is 0 Å². The van der Waals surface area contributed by atoms with Crippen LogP contribution in [0.2, 0.25) is 0 Å². The topological polar surface area (TPSA) is 12.5 Å². The molecule has 0 aliphatic carbocycles. The van der Waals surface area contributed by atoms with Crippen LogP contribution in [0.25, 0.3) is 0 Å². The monoisotopic (exact) mass is 171 g/mol. The van der Waals surface area contributed by atoms with Crippen LogP contribution in [0.3, 0.4) is 0 Å². The van der Waals surface area contributed by atoms with E-state index in [4.69, 9.17) is 4.74 Å². The maximum Gasteiger partial charge on any atom is 0.173 e. The first-order chi connectivity index (χ1) is 5.29. The van der Waals surface area contributed by atoms with E-state index in [1.165, 1.54) is 0 Å². The van der Waals surface area contributed by atoms with Crippen LogP contribution in [0.15, 0.2) is 17.5 Å². The molecule has 0 unspecified atom stereocenters. The average Bonchev–Trinajstić information content (AvgIpc) is 2.39. The minimum Gasteiger partial charge on any atom is -0.483 e. The van der Waals surface area contributed by atoms with E-state index in [1.807, 2.05) is 31.6 Å². The van der Waals surface area contributed by atoms with Gasteiger partial charge in [-0.25, -0.2) is 0 Å². The number of likely N-dealkylation sites (N-methyl/N-ethyl adjacent to an activating group) is 1. The van der Waals surface area contributed by atoms with E-state index >= 15 is 0 Å². The summed E-state index contributed by atoms with van der Waals surface area (Å²) >= 11 is 1.63. The summed E-state index contributed by atoms with van der Waals surface area (Å²) in [7, 11) is 4.08. The summed E-state index contributed by atoms with van der Waals surface area (Å²) in [6.07, 6.45) is 0. The van der Waals surface area contributed by atoms with Crippen molar-refractivity contribution in [3.05, 3.63) is 17.5 Å². The van der Waals surface area contributed by atoms with Crippen LogP contribution in [0.5, 0.6) is 5.06 Å². The molecule has 0 radical (unpaired) electrons. The molecule has 0 N–H and O–H groups in total. The summed E-state index contributed by atoms with van der Waals surface area (Å²) in [5.41, 5.74) is 0. The van der Waals surface area contributed by atoms with Gasteiger partial charge in [-0.1, -0.05) is 0 Å². The maximum absolute atomic E-state index is 5.43. The molecule has 0 saturated carbocycles. The Morgan fingerprint density at radius 1 is 1.55 bits per heavy atom. The smallest absolute Gasteiger partial charge is 0.173 e. The molecule has 0 spiro atoms. The summed E-state index contributed by atoms with van der Waals surface area (Å²) < 4.78 is 5.43. The Kier molecular flexibility index (Phi) is 3.39. The average molecular weight is 171 g/mol. The molecule has 0 saturated heterocycles. The molecule has 3 heteroatoms. The summed E-state index contributed by atoms with van der Waals surface area (Å²) in [4.78, 5) is 2.10. The lowest BCUT2D eigenvalue weighted by atomic mass is 10.6. The summed E-state index contributed by atoms with van der Waals surface area (Å²) in [6.45, 7) is 1.74. The number of hydrogen-bond donors (Lipinski definition) is 0. The van der Waals surface area contributed by atoms with Gasteiger partial charge in [0, 0.05) is 6.54 Å². The second-order valence-corrected chi connectivity index (χ2v) is 3.49. The van der Waals surface area contributed by atoms with Gasteiger partial charge in [0.15, 0.2) is 5.06 Å². The highest BCUT2D eigenvalue weighted by atomic mass is 32.1. The highest BCUT2D eigenvalue weighted by Crippen LogP contribution is 2.17. The Morgan fingerprint density at radius 2 is 2.36 bits per heavy atom. The van der Waals surface area contributed by atoms with Gasteiger partial charge in [-0.15, -0.1) is 11.3 Å². The lowest BCUT2D eigenvalue weighted by molar-refractivity contribution is 0.267. The molecule has 62 valence electrons. The van der Waals surface area contributed by atoms with Crippen LogP contribution in [0.1, 0.15) is 0 Å². The molecule has 0 aliphatic rings. The number of thiophene rings is 1. The van der Waals surface area contributed by atoms with E-state index < -0.39 is 0 Å². The van der Waals surface area contributed by atoms with Crippen LogP contribution >= 0.6 is 11.3 Å². The van der Waals surface area contributed by atoms with E-state index in [1.54, 1.807) is 11.3 Å². The van der Waals surface area contributed by atoms with Gasteiger partial charge in [0.25, 0.3) is 0 Å². The zero-order chi connectivity index (χ0) is 8.10. The van der Waals surface area contributed by atoms with Gasteiger partial charge >= 0.3 is 0 Å². The SMILES string of the molecule is CN(C)CCOc1cccs1. The van der Waals surface area contributed by atoms with Crippen molar-refractivity contribution in [2.24, 2.45) is 0 Å². The molecule has 1 heterocycles. The van der Waals surface area contributed by atoms with Crippen LogP contribution in [0, 0.1) is 0 Å². The third kappa shape index (κ3) is 3.39. The molecule has 0 bridgehead atoms. The van der Waals surface area contributed by atoms with Crippen LogP contribution in [-0.4, -0.2) is 32.1 Å².